The monoisotopic (exact) mass is 892 g/mol. The van der Waals surface area contributed by atoms with Crippen LogP contribution in [0.1, 0.15) is 114 Å². The standard InChI is InChI=1S/C44H52N4O16/c1-20-44-40-25(14-37(59)60)41(2,12-11-35(55)56)30(47-40)16-27-21(5-8-32(49)50)22(13-36(57)58)26(45-27)15-28-23(6-9-33(51)52)42(3,18-38(61)62)31(46-28)17-29(48-44)24(7-10-34(53)54)43(44,4)19-39(63)64-20/h15,17,20,23-24,45-46H,5-14,16,18-19H2,1-4H3,(H,49,50)(H,51,52)(H,53,54)(H,55,56)(H,57,58)(H,59,60)(H,61,62)/b28-15-,31-17?/t20?,23-,24-,41-,42+,43+,44?/m1/s1. The Morgan fingerprint density at radius 1 is 0.766 bits per heavy atom. The number of cyclic esters (lactones) is 1. The summed E-state index contributed by atoms with van der Waals surface area (Å²) < 4.78 is 5.95. The van der Waals surface area contributed by atoms with E-state index in [9.17, 15) is 74.1 Å². The van der Waals surface area contributed by atoms with Crippen LogP contribution in [0.2, 0.25) is 0 Å². The Labute approximate surface area is 365 Å². The van der Waals surface area contributed by atoms with Crippen molar-refractivity contribution in [2.24, 2.45) is 38.1 Å². The zero-order valence-corrected chi connectivity index (χ0v) is 35.8. The van der Waals surface area contributed by atoms with Gasteiger partial charge in [-0.25, -0.2) is 0 Å². The zero-order chi connectivity index (χ0) is 47.3. The van der Waals surface area contributed by atoms with Crippen LogP contribution in [0.4, 0.5) is 0 Å². The summed E-state index contributed by atoms with van der Waals surface area (Å²) in [7, 11) is 0. The number of aliphatic carboxylic acids is 7. The fourth-order valence-electron chi connectivity index (χ4n) is 11.0. The number of aliphatic imine (C=N–C) groups is 2. The maximum atomic E-state index is 13.6. The second-order valence-corrected chi connectivity index (χ2v) is 18.1. The van der Waals surface area contributed by atoms with Crippen molar-refractivity contribution in [1.29, 1.82) is 0 Å². The van der Waals surface area contributed by atoms with Gasteiger partial charge in [-0.05, 0) is 61.5 Å². The Morgan fingerprint density at radius 2 is 1.38 bits per heavy atom. The van der Waals surface area contributed by atoms with E-state index in [2.05, 4.69) is 10.3 Å². The van der Waals surface area contributed by atoms with E-state index in [1.165, 1.54) is 6.08 Å². The molecule has 20 nitrogen and oxygen atoms in total. The molecule has 9 N–H and O–H groups in total. The number of allylic oxidation sites excluding steroid dienone is 3. The minimum atomic E-state index is -1.77. The van der Waals surface area contributed by atoms with Crippen LogP contribution < -0.4 is 5.32 Å². The van der Waals surface area contributed by atoms with Gasteiger partial charge in [-0.2, -0.15) is 0 Å². The van der Waals surface area contributed by atoms with Crippen molar-refractivity contribution in [3.05, 3.63) is 51.3 Å². The number of hydrogen-bond donors (Lipinski definition) is 9. The number of carboxylic acids is 7. The first-order chi connectivity index (χ1) is 29.9. The number of nitrogens with zero attached hydrogens (tertiary/aromatic N) is 2. The minimum absolute atomic E-state index is 0.0549. The summed E-state index contributed by atoms with van der Waals surface area (Å²) in [6.07, 6.45) is -2.91. The van der Waals surface area contributed by atoms with Crippen molar-refractivity contribution in [1.82, 2.24) is 10.3 Å². The Morgan fingerprint density at radius 3 is 1.95 bits per heavy atom. The molecule has 0 saturated carbocycles. The number of esters is 1. The third kappa shape index (κ3) is 8.32. The lowest BCUT2D eigenvalue weighted by Crippen LogP contribution is -2.60. The number of carbonyl (C=O) groups excluding carboxylic acids is 1. The third-order valence-electron chi connectivity index (χ3n) is 14.1. The van der Waals surface area contributed by atoms with Crippen LogP contribution in [0.3, 0.4) is 0 Å². The number of fused-ring (bicyclic) bond motifs is 5. The lowest BCUT2D eigenvalue weighted by molar-refractivity contribution is -0.169. The number of aromatic amines is 1. The van der Waals surface area contributed by atoms with Gasteiger partial charge in [0.2, 0.25) is 0 Å². The summed E-state index contributed by atoms with van der Waals surface area (Å²) in [6.45, 7) is 6.51. The molecule has 5 aliphatic rings. The van der Waals surface area contributed by atoms with E-state index in [0.29, 0.717) is 0 Å². The molecule has 0 aliphatic carbocycles. The Bertz CT molecular complexity index is 2410. The number of aromatic nitrogens is 1. The summed E-state index contributed by atoms with van der Waals surface area (Å²) in [4.78, 5) is 114. The lowest BCUT2D eigenvalue weighted by atomic mass is 9.56. The molecular formula is C44H52N4O16. The molecule has 6 rings (SSSR count). The normalized spacial score (nSPS) is 30.0. The van der Waals surface area contributed by atoms with Gasteiger partial charge < -0.3 is 50.8 Å². The predicted octanol–water partition coefficient (Wildman–Crippen LogP) is 4.08. The Hall–Kier alpha value is -6.60. The highest BCUT2D eigenvalue weighted by molar-refractivity contribution is 6.04. The van der Waals surface area contributed by atoms with Gasteiger partial charge in [-0.3, -0.25) is 48.3 Å². The minimum Gasteiger partial charge on any atom is -0.481 e. The molecule has 20 heteroatoms. The fourth-order valence-corrected chi connectivity index (χ4v) is 11.0. The SMILES string of the molecule is CC1OC(=O)C[C@@]2(C)[C@H](CCC(=O)O)C3=NC12C1=C(CC(=O)O)[C@@](C)(CCC(=O)O)C(=N1)Cc1[nH]c(c(CC(=O)O)c1CCC(=O)O)/C=C1\NC(=C3)[C@@](C)(CC(=O)O)[C@@H]1CCC(=O)O. The first-order valence-electron chi connectivity index (χ1n) is 20.9. The summed E-state index contributed by atoms with van der Waals surface area (Å²) >= 11 is 0. The van der Waals surface area contributed by atoms with Gasteiger partial charge in [0.1, 0.15) is 11.6 Å². The molecule has 2 fully saturated rings. The molecule has 8 bridgehead atoms. The van der Waals surface area contributed by atoms with Gasteiger partial charge in [-0.15, -0.1) is 0 Å². The molecule has 2 unspecified atom stereocenters. The van der Waals surface area contributed by atoms with Crippen molar-refractivity contribution in [3.8, 4) is 0 Å². The molecule has 6 heterocycles. The van der Waals surface area contributed by atoms with Gasteiger partial charge >= 0.3 is 47.8 Å². The second kappa shape index (κ2) is 17.2. The zero-order valence-electron chi connectivity index (χ0n) is 35.8. The largest absolute Gasteiger partial charge is 0.481 e. The number of rotatable bonds is 18. The predicted molar refractivity (Wildman–Crippen MR) is 222 cm³/mol. The molecule has 0 aromatic carbocycles. The topological polar surface area (TPSA) is 340 Å². The molecule has 5 aliphatic heterocycles. The van der Waals surface area contributed by atoms with Crippen LogP contribution in [-0.4, -0.2) is 112 Å². The summed E-state index contributed by atoms with van der Waals surface area (Å²) in [6, 6.07) is 0. The van der Waals surface area contributed by atoms with Gasteiger partial charge in [-0.1, -0.05) is 20.8 Å². The Kier molecular flexibility index (Phi) is 12.6. The van der Waals surface area contributed by atoms with Crippen molar-refractivity contribution < 1.29 is 78.8 Å². The van der Waals surface area contributed by atoms with Gasteiger partial charge in [0.25, 0.3) is 0 Å². The number of carbonyl (C=O) groups is 8. The van der Waals surface area contributed by atoms with E-state index >= 15 is 0 Å². The van der Waals surface area contributed by atoms with E-state index in [0.717, 1.165) is 0 Å². The number of ether oxygens (including phenoxy) is 1. The molecule has 1 spiro atoms. The first-order valence-corrected chi connectivity index (χ1v) is 20.9. The van der Waals surface area contributed by atoms with E-state index < -0.39 is 132 Å². The quantitative estimate of drug-likeness (QED) is 0.0938. The number of nitrogens with one attached hydrogen (secondary N) is 2. The van der Waals surface area contributed by atoms with Gasteiger partial charge in [0.05, 0.1) is 31.4 Å². The van der Waals surface area contributed by atoms with Gasteiger partial charge in [0, 0.05) is 94.4 Å². The summed E-state index contributed by atoms with van der Waals surface area (Å²) in [5.74, 6) is -11.1. The number of carboxylic acid groups (broad SMARTS) is 7. The molecule has 7 atom stereocenters. The lowest BCUT2D eigenvalue weighted by Gasteiger charge is -2.51. The average Bonchev–Trinajstić information content (AvgIpc) is 3.78. The van der Waals surface area contributed by atoms with Crippen molar-refractivity contribution in [2.45, 2.75) is 123 Å². The molecule has 1 aromatic rings. The second-order valence-electron chi connectivity index (χ2n) is 18.1. The van der Waals surface area contributed by atoms with Crippen LogP contribution >= 0.6 is 0 Å². The average molecular weight is 893 g/mol. The molecular weight excluding hydrogens is 840 g/mol. The van der Waals surface area contributed by atoms with Crippen molar-refractivity contribution in [2.75, 3.05) is 0 Å². The molecule has 64 heavy (non-hydrogen) atoms. The maximum Gasteiger partial charge on any atom is 0.307 e. The van der Waals surface area contributed by atoms with Crippen molar-refractivity contribution >= 4 is 65.3 Å². The maximum absolute atomic E-state index is 13.6. The third-order valence-corrected chi connectivity index (χ3v) is 14.1. The van der Waals surface area contributed by atoms with Gasteiger partial charge in [0.15, 0.2) is 0 Å². The molecule has 0 radical (unpaired) electrons. The van der Waals surface area contributed by atoms with Crippen LogP contribution in [0.5, 0.6) is 0 Å². The molecule has 344 valence electrons. The fraction of sp³-hybridized carbons (Fsp3) is 0.545. The van der Waals surface area contributed by atoms with E-state index in [4.69, 9.17) is 14.7 Å². The number of H-pyrrole nitrogens is 1. The highest BCUT2D eigenvalue weighted by Gasteiger charge is 2.69. The first kappa shape index (κ1) is 46.9. The van der Waals surface area contributed by atoms with Crippen LogP contribution in [0, 0.1) is 28.1 Å². The highest BCUT2D eigenvalue weighted by atomic mass is 16.5. The van der Waals surface area contributed by atoms with E-state index in [-0.39, 0.29) is 95.1 Å². The summed E-state index contributed by atoms with van der Waals surface area (Å²) in [5, 5.41) is 74.2. The highest BCUT2D eigenvalue weighted by Crippen LogP contribution is 2.63. The Balaban J connectivity index is 1.81. The molecule has 2 saturated heterocycles. The van der Waals surface area contributed by atoms with Crippen LogP contribution in [-0.2, 0) is 62.4 Å². The van der Waals surface area contributed by atoms with Crippen LogP contribution in [0.25, 0.3) is 6.08 Å². The number of hydrogen-bond acceptors (Lipinski definition) is 12. The van der Waals surface area contributed by atoms with Crippen molar-refractivity contribution in [3.63, 3.8) is 0 Å². The molecule has 0 amide bonds. The van der Waals surface area contributed by atoms with E-state index in [1.54, 1.807) is 33.8 Å². The smallest absolute Gasteiger partial charge is 0.307 e. The van der Waals surface area contributed by atoms with E-state index in [1.807, 2.05) is 0 Å². The molecule has 1 aromatic heterocycles. The van der Waals surface area contributed by atoms with Crippen LogP contribution in [0.15, 0.2) is 38.7 Å². The summed E-state index contributed by atoms with van der Waals surface area (Å²) in [5.41, 5.74) is -4.03.